The van der Waals surface area contributed by atoms with Gasteiger partial charge >= 0.3 is 0 Å². The Balaban J connectivity index is 1.04. The predicted molar refractivity (Wildman–Crippen MR) is 298 cm³/mol. The number of ether oxygens (including phenoxy) is 2. The summed E-state index contributed by atoms with van der Waals surface area (Å²) in [4.78, 5) is 4.98. The summed E-state index contributed by atoms with van der Waals surface area (Å²) >= 11 is 14.6. The van der Waals surface area contributed by atoms with E-state index in [0.29, 0.717) is 27.1 Å². The Labute approximate surface area is 447 Å². The van der Waals surface area contributed by atoms with Crippen LogP contribution in [0.5, 0.6) is 5.75 Å². The van der Waals surface area contributed by atoms with Crippen LogP contribution in [0.3, 0.4) is 0 Å². The zero-order valence-electron chi connectivity index (χ0n) is 43.3. The van der Waals surface area contributed by atoms with Gasteiger partial charge in [-0.1, -0.05) is 110 Å². The first-order valence-corrected chi connectivity index (χ1v) is 27.4. The van der Waals surface area contributed by atoms with Gasteiger partial charge in [0.15, 0.2) is 16.9 Å². The Morgan fingerprint density at radius 1 is 0.808 bits per heavy atom. The lowest BCUT2D eigenvalue weighted by molar-refractivity contribution is -0.00614. The van der Waals surface area contributed by atoms with E-state index < -0.39 is 5.60 Å². The fourth-order valence-electron chi connectivity index (χ4n) is 14.2. The number of hydrogen-bond donors (Lipinski definition) is 0. The molecule has 7 aliphatic rings. The minimum atomic E-state index is -1.25. The quantitative estimate of drug-likeness (QED) is 0.146. The van der Waals surface area contributed by atoms with E-state index in [4.69, 9.17) is 32.7 Å². The number of aryl methyl sites for hydroxylation is 1. The molecule has 5 aliphatic carbocycles. The fourth-order valence-corrected chi connectivity index (χ4v) is 15.6. The van der Waals surface area contributed by atoms with Gasteiger partial charge < -0.3 is 14.4 Å². The highest BCUT2D eigenvalue weighted by molar-refractivity contribution is 8.03. The maximum Gasteiger partial charge on any atom is 0.172 e. The molecule has 4 aromatic carbocycles. The third-order valence-corrected chi connectivity index (χ3v) is 18.9. The molecule has 2 aliphatic heterocycles. The van der Waals surface area contributed by atoms with Crippen molar-refractivity contribution in [3.05, 3.63) is 180 Å². The van der Waals surface area contributed by atoms with Gasteiger partial charge in [-0.15, -0.1) is 0 Å². The van der Waals surface area contributed by atoms with Gasteiger partial charge in [0.25, 0.3) is 0 Å². The number of nitriles is 3. The molecule has 4 fully saturated rings. The van der Waals surface area contributed by atoms with Crippen LogP contribution in [0.15, 0.2) is 147 Å². The van der Waals surface area contributed by atoms with Gasteiger partial charge in [0.05, 0.1) is 17.2 Å². The number of allylic oxidation sites excluding steroid dienone is 7. The van der Waals surface area contributed by atoms with E-state index in [-0.39, 0.29) is 33.3 Å². The summed E-state index contributed by atoms with van der Waals surface area (Å²) in [6.07, 6.45) is 21.5. The summed E-state index contributed by atoms with van der Waals surface area (Å²) in [5, 5.41) is 31.1. The second-order valence-electron chi connectivity index (χ2n) is 23.4. The topological polar surface area (TPSA) is 93.1 Å². The molecule has 73 heavy (non-hydrogen) atoms. The van der Waals surface area contributed by atoms with E-state index in [0.717, 1.165) is 47.7 Å². The molecule has 6 nitrogen and oxygen atoms in total. The maximum atomic E-state index is 10.6. The van der Waals surface area contributed by atoms with Crippen LogP contribution >= 0.6 is 35.0 Å². The van der Waals surface area contributed by atoms with Gasteiger partial charge in [0.1, 0.15) is 29.5 Å². The average Bonchev–Trinajstić information content (AvgIpc) is 3.63. The van der Waals surface area contributed by atoms with Crippen molar-refractivity contribution in [3.8, 4) is 24.0 Å². The molecule has 11 rings (SSSR count). The summed E-state index contributed by atoms with van der Waals surface area (Å²) < 4.78 is 12.6. The number of fused-ring (bicyclic) bond motifs is 1. The van der Waals surface area contributed by atoms with Crippen LogP contribution in [-0.2, 0) is 15.8 Å². The van der Waals surface area contributed by atoms with Crippen LogP contribution < -0.4 is 9.64 Å². The highest BCUT2D eigenvalue weighted by atomic mass is 35.5. The Morgan fingerprint density at radius 3 is 2.15 bits per heavy atom. The monoisotopic (exact) mass is 1020 g/mol. The van der Waals surface area contributed by atoms with E-state index in [1.807, 2.05) is 44.4 Å². The van der Waals surface area contributed by atoms with Crippen molar-refractivity contribution < 1.29 is 9.47 Å². The van der Waals surface area contributed by atoms with Gasteiger partial charge in [-0.3, -0.25) is 0 Å². The SMILES string of the molecule is COc1ccc(N2c3cc(C)c(/C=C/C4=C(Sc5ccccc5)C(=C/C=C/C5=C(C#N)C(=C(C#N)C#N)OC5(C)c5ccc(Cl)c(Cl)c5)/CC(C)(C)C4)cc3C(C)CC2(C)C)cc1C12CC3CC(CC(C3)C1)C2. The van der Waals surface area contributed by atoms with Gasteiger partial charge in [-0.25, -0.2) is 0 Å². The van der Waals surface area contributed by atoms with Crippen LogP contribution in [0.25, 0.3) is 6.08 Å². The first kappa shape index (κ1) is 50.6. The molecular formula is C64H64Cl2N4O2S. The molecule has 4 bridgehead atoms. The second-order valence-corrected chi connectivity index (χ2v) is 25.3. The lowest BCUT2D eigenvalue weighted by Gasteiger charge is -2.57. The maximum absolute atomic E-state index is 10.6. The number of hydrogen-bond acceptors (Lipinski definition) is 7. The molecule has 0 N–H and O–H groups in total. The second kappa shape index (κ2) is 19.4. The summed E-state index contributed by atoms with van der Waals surface area (Å²) in [6, 6.07) is 33.8. The van der Waals surface area contributed by atoms with Crippen molar-refractivity contribution in [2.24, 2.45) is 23.2 Å². The molecule has 4 aromatic rings. The van der Waals surface area contributed by atoms with Crippen molar-refractivity contribution in [2.75, 3.05) is 12.0 Å². The van der Waals surface area contributed by atoms with Gasteiger partial charge in [-0.2, -0.15) is 15.8 Å². The highest BCUT2D eigenvalue weighted by Gasteiger charge is 2.53. The summed E-state index contributed by atoms with van der Waals surface area (Å²) in [6.45, 7) is 15.9. The average molecular weight is 1020 g/mol. The van der Waals surface area contributed by atoms with E-state index in [1.165, 1.54) is 88.2 Å². The predicted octanol–water partition coefficient (Wildman–Crippen LogP) is 17.6. The Bertz CT molecular complexity index is 3190. The van der Waals surface area contributed by atoms with E-state index in [2.05, 4.69) is 125 Å². The molecular weight excluding hydrogens is 960 g/mol. The number of nitrogens with zero attached hydrogens (tertiary/aromatic N) is 4. The Hall–Kier alpha value is -5.88. The van der Waals surface area contributed by atoms with Gasteiger partial charge in [-0.05, 0) is 202 Å². The molecule has 4 saturated carbocycles. The zero-order valence-corrected chi connectivity index (χ0v) is 45.7. The number of methoxy groups -OCH3 is 1. The lowest BCUT2D eigenvalue weighted by atomic mass is 9.48. The number of benzene rings is 4. The molecule has 0 amide bonds. The number of anilines is 2. The van der Waals surface area contributed by atoms with E-state index >= 15 is 0 Å². The molecule has 372 valence electrons. The van der Waals surface area contributed by atoms with Crippen molar-refractivity contribution in [1.82, 2.24) is 0 Å². The summed E-state index contributed by atoms with van der Waals surface area (Å²) in [5.74, 6) is 3.92. The number of thioether (sulfide) groups is 1. The zero-order chi connectivity index (χ0) is 51.6. The van der Waals surface area contributed by atoms with Crippen molar-refractivity contribution in [1.29, 1.82) is 15.8 Å². The van der Waals surface area contributed by atoms with Crippen LogP contribution in [0.4, 0.5) is 11.4 Å². The molecule has 2 atom stereocenters. The van der Waals surface area contributed by atoms with Crippen molar-refractivity contribution in [3.63, 3.8) is 0 Å². The third-order valence-electron chi connectivity index (χ3n) is 16.9. The standard InChI is InChI=1S/C64H64Cl2N4O2S/c1-39-23-57-51(40(2)30-62(5,6)70(57)49-20-22-58(71-8)54(29-49)64-31-41-24-42(32-64)26-43(25-41)33-64)27-44(39)17-18-46-35-61(3,4)34-45(60(46)73-50-14-10-9-11-15-50)13-12-16-53-52(38-69)59(47(36-67)37-68)72-63(53,7)48-19-21-55(65)56(66)28-48/h9-23,27-29,40-43H,24-26,30-35H2,1-8H3/b16-12+,18-17+,45-13+. The summed E-state index contributed by atoms with van der Waals surface area (Å²) in [7, 11) is 1.85. The number of halogens is 2. The molecule has 0 aromatic heterocycles. The molecule has 2 unspecified atom stereocenters. The molecule has 0 spiro atoms. The Morgan fingerprint density at radius 2 is 1.51 bits per heavy atom. The molecule has 9 heteroatoms. The van der Waals surface area contributed by atoms with Crippen molar-refractivity contribution in [2.45, 2.75) is 134 Å². The van der Waals surface area contributed by atoms with Crippen LogP contribution in [0.1, 0.15) is 133 Å². The van der Waals surface area contributed by atoms with Crippen LogP contribution in [-0.4, -0.2) is 12.6 Å². The largest absolute Gasteiger partial charge is 0.496 e. The Kier molecular flexibility index (Phi) is 13.5. The third kappa shape index (κ3) is 9.39. The first-order chi connectivity index (χ1) is 34.9. The molecule has 0 saturated heterocycles. The first-order valence-electron chi connectivity index (χ1n) is 25.9. The molecule has 0 radical (unpaired) electrons. The summed E-state index contributed by atoms with van der Waals surface area (Å²) in [5.41, 5.74) is 10.0. The van der Waals surface area contributed by atoms with Crippen molar-refractivity contribution >= 4 is 52.4 Å². The van der Waals surface area contributed by atoms with Crippen LogP contribution in [0, 0.1) is 64.1 Å². The normalized spacial score (nSPS) is 27.3. The minimum absolute atomic E-state index is 0.0505. The smallest absolute Gasteiger partial charge is 0.172 e. The van der Waals surface area contributed by atoms with E-state index in [1.54, 1.807) is 30.0 Å². The van der Waals surface area contributed by atoms with Gasteiger partial charge in [0, 0.05) is 43.4 Å². The molecule has 2 heterocycles. The number of rotatable bonds is 10. The van der Waals surface area contributed by atoms with E-state index in [9.17, 15) is 15.8 Å². The minimum Gasteiger partial charge on any atom is -0.496 e. The van der Waals surface area contributed by atoms with Gasteiger partial charge in [0.2, 0.25) is 0 Å². The fraction of sp³-hybridized carbons (Fsp3) is 0.391. The van der Waals surface area contributed by atoms with Crippen LogP contribution in [0.2, 0.25) is 10.0 Å². The highest BCUT2D eigenvalue weighted by Crippen LogP contribution is 2.63. The lowest BCUT2D eigenvalue weighted by Crippen LogP contribution is -2.49.